The summed E-state index contributed by atoms with van der Waals surface area (Å²) in [6.45, 7) is 8.55. The fourth-order valence-electron chi connectivity index (χ4n) is 5.40. The zero-order chi connectivity index (χ0) is 37.7. The van der Waals surface area contributed by atoms with Gasteiger partial charge in [0, 0.05) is 35.5 Å². The van der Waals surface area contributed by atoms with Gasteiger partial charge in [0.25, 0.3) is 11.8 Å². The van der Waals surface area contributed by atoms with E-state index in [9.17, 15) is 22.8 Å². The number of unbranched alkanes of at least 4 members (excludes halogenated alkanes) is 4. The van der Waals surface area contributed by atoms with Gasteiger partial charge < -0.3 is 15.4 Å². The molecule has 4 aromatic rings. The molecule has 0 fully saturated rings. The molecule has 0 aliphatic heterocycles. The van der Waals surface area contributed by atoms with E-state index in [2.05, 4.69) is 48.3 Å². The maximum atomic E-state index is 13.2. The minimum absolute atomic E-state index is 0.0993. The number of amides is 3. The smallest absolute Gasteiger partial charge is 0.252 e. The van der Waals surface area contributed by atoms with Gasteiger partial charge in [-0.1, -0.05) is 102 Å². The fraction of sp³-hybridized carbons (Fsp3) is 0.375. The molecule has 52 heavy (non-hydrogen) atoms. The van der Waals surface area contributed by atoms with Crippen LogP contribution in [0.4, 0.5) is 0 Å². The number of aromatic nitrogens is 2. The van der Waals surface area contributed by atoms with Crippen LogP contribution in [0.2, 0.25) is 0 Å². The zero-order valence-electron chi connectivity index (χ0n) is 30.6. The molecule has 1 aromatic heterocycles. The Labute approximate surface area is 307 Å². The Bertz CT molecular complexity index is 1890. The van der Waals surface area contributed by atoms with Crippen LogP contribution in [0.3, 0.4) is 0 Å². The Morgan fingerprint density at radius 1 is 0.788 bits per heavy atom. The Balaban J connectivity index is 1.41. The number of carbonyl (C=O) groups excluding carboxylic acids is 3. The van der Waals surface area contributed by atoms with Crippen molar-refractivity contribution in [2.24, 2.45) is 0 Å². The van der Waals surface area contributed by atoms with Crippen LogP contribution >= 0.6 is 0 Å². The largest absolute Gasteiger partial charge is 0.494 e. The molecule has 276 valence electrons. The maximum absolute atomic E-state index is 13.2. The van der Waals surface area contributed by atoms with Gasteiger partial charge in [0.1, 0.15) is 11.8 Å². The van der Waals surface area contributed by atoms with E-state index in [1.165, 1.54) is 25.7 Å². The average Bonchev–Trinajstić information content (AvgIpc) is 3.11. The predicted octanol–water partition coefficient (Wildman–Crippen LogP) is 5.99. The molecule has 11 nitrogen and oxygen atoms in total. The second kappa shape index (κ2) is 18.4. The zero-order valence-corrected chi connectivity index (χ0v) is 31.4. The van der Waals surface area contributed by atoms with Gasteiger partial charge in [0.15, 0.2) is 5.82 Å². The van der Waals surface area contributed by atoms with E-state index in [0.29, 0.717) is 18.0 Å². The van der Waals surface area contributed by atoms with E-state index in [1.807, 2.05) is 65.4 Å². The Hall–Kier alpha value is -5.10. The number of ether oxygens (including phenoxy) is 1. The highest BCUT2D eigenvalue weighted by Gasteiger charge is 2.24. The van der Waals surface area contributed by atoms with Gasteiger partial charge in [-0.3, -0.25) is 19.1 Å². The van der Waals surface area contributed by atoms with Crippen molar-refractivity contribution in [1.82, 2.24) is 25.3 Å². The highest BCUT2D eigenvalue weighted by Crippen LogP contribution is 2.24. The molecule has 0 saturated carbocycles. The van der Waals surface area contributed by atoms with Crippen molar-refractivity contribution in [3.63, 3.8) is 0 Å². The third-order valence-electron chi connectivity index (χ3n) is 8.37. The number of nitrogens with one attached hydrogen (secondary N) is 3. The molecular formula is C40H49N5O6S. The monoisotopic (exact) mass is 727 g/mol. The Kier molecular flexibility index (Phi) is 14.0. The van der Waals surface area contributed by atoms with Crippen LogP contribution in [0.5, 0.6) is 5.75 Å². The molecule has 4 rings (SSSR count). The summed E-state index contributed by atoms with van der Waals surface area (Å²) in [7, 11) is -3.80. The highest BCUT2D eigenvalue weighted by atomic mass is 32.2. The van der Waals surface area contributed by atoms with E-state index in [4.69, 9.17) is 4.74 Å². The Morgan fingerprint density at radius 2 is 1.40 bits per heavy atom. The summed E-state index contributed by atoms with van der Waals surface area (Å²) in [5.41, 5.74) is 4.66. The number of carbonyl (C=O) groups is 3. The van der Waals surface area contributed by atoms with E-state index in [-0.39, 0.29) is 11.8 Å². The molecule has 0 radical (unpaired) electrons. The minimum Gasteiger partial charge on any atom is -0.494 e. The van der Waals surface area contributed by atoms with E-state index in [1.54, 1.807) is 24.5 Å². The summed E-state index contributed by atoms with van der Waals surface area (Å²) in [6.07, 6.45) is 10.4. The molecular weight excluding hydrogens is 679 g/mol. The van der Waals surface area contributed by atoms with Crippen LogP contribution in [0.15, 0.2) is 85.2 Å². The molecule has 0 aliphatic rings. The van der Waals surface area contributed by atoms with Gasteiger partial charge in [0.2, 0.25) is 15.9 Å². The van der Waals surface area contributed by atoms with Crippen LogP contribution in [0.25, 0.3) is 22.5 Å². The van der Waals surface area contributed by atoms with E-state index < -0.39 is 40.3 Å². The van der Waals surface area contributed by atoms with Gasteiger partial charge in [-0.2, -0.15) is 0 Å². The van der Waals surface area contributed by atoms with Crippen LogP contribution < -0.4 is 20.1 Å². The SMILES string of the molecule is CCCCCCCOc1ccc(-c2cnc(-c3ccc(CC(NC(=O)c4ccc(C(C)(C)C)cc4)C(=O)NCC(=O)NS(C)(=O)=O)cc3)nc2)cc1. The molecule has 3 aromatic carbocycles. The number of nitrogens with zero attached hydrogens (tertiary/aromatic N) is 2. The first-order chi connectivity index (χ1) is 24.7. The predicted molar refractivity (Wildman–Crippen MR) is 203 cm³/mol. The van der Waals surface area contributed by atoms with Crippen LogP contribution in [0.1, 0.15) is 81.3 Å². The number of sulfonamides is 1. The quantitative estimate of drug-likeness (QED) is 0.112. The second-order valence-electron chi connectivity index (χ2n) is 13.9. The second-order valence-corrected chi connectivity index (χ2v) is 15.6. The summed E-state index contributed by atoms with van der Waals surface area (Å²) >= 11 is 0. The van der Waals surface area contributed by atoms with Crippen molar-refractivity contribution >= 4 is 27.7 Å². The summed E-state index contributed by atoms with van der Waals surface area (Å²) in [5, 5.41) is 5.20. The molecule has 3 N–H and O–H groups in total. The molecule has 3 amide bonds. The molecule has 12 heteroatoms. The lowest BCUT2D eigenvalue weighted by Crippen LogP contribution is -2.50. The standard InChI is InChI=1S/C40H49N5O6S/c1-6-7-8-9-10-23-51-34-21-17-29(18-22-34)32-25-41-37(42-26-32)30-13-11-28(12-14-30)24-35(39(48)43-27-36(46)45-52(5,49)50)44-38(47)31-15-19-33(20-16-31)40(2,3)4/h11-22,25-26,35H,6-10,23-24,27H2,1-5H3,(H,43,48)(H,44,47)(H,45,46). The van der Waals surface area contributed by atoms with Crippen molar-refractivity contribution < 1.29 is 27.5 Å². The molecule has 0 spiro atoms. The lowest BCUT2D eigenvalue weighted by Gasteiger charge is -2.20. The lowest BCUT2D eigenvalue weighted by molar-refractivity contribution is -0.126. The van der Waals surface area contributed by atoms with Crippen molar-refractivity contribution in [3.8, 4) is 28.3 Å². The first-order valence-corrected chi connectivity index (χ1v) is 19.5. The number of rotatable bonds is 17. The summed E-state index contributed by atoms with van der Waals surface area (Å²) in [6, 6.07) is 21.3. The molecule has 1 atom stereocenters. The minimum atomic E-state index is -3.80. The summed E-state index contributed by atoms with van der Waals surface area (Å²) < 4.78 is 30.5. The van der Waals surface area contributed by atoms with E-state index in [0.717, 1.165) is 46.2 Å². The summed E-state index contributed by atoms with van der Waals surface area (Å²) in [4.78, 5) is 47.6. The van der Waals surface area contributed by atoms with Crippen molar-refractivity contribution in [2.45, 2.75) is 77.7 Å². The number of benzene rings is 3. The molecule has 1 unspecified atom stereocenters. The van der Waals surface area contributed by atoms with Gasteiger partial charge >= 0.3 is 0 Å². The number of hydrogen-bond acceptors (Lipinski definition) is 8. The fourth-order valence-corrected chi connectivity index (χ4v) is 5.88. The van der Waals surface area contributed by atoms with Crippen LogP contribution in [-0.4, -0.2) is 61.6 Å². The lowest BCUT2D eigenvalue weighted by atomic mass is 9.86. The topological polar surface area (TPSA) is 156 Å². The van der Waals surface area contributed by atoms with Crippen LogP contribution in [-0.2, 0) is 31.4 Å². The number of hydrogen-bond donors (Lipinski definition) is 3. The van der Waals surface area contributed by atoms with Crippen molar-refractivity contribution in [3.05, 3.63) is 102 Å². The molecule has 0 aliphatic carbocycles. The third-order valence-corrected chi connectivity index (χ3v) is 8.96. The first-order valence-electron chi connectivity index (χ1n) is 17.6. The van der Waals surface area contributed by atoms with Gasteiger partial charge in [-0.25, -0.2) is 18.4 Å². The third kappa shape index (κ3) is 12.6. The first kappa shape index (κ1) is 39.7. The maximum Gasteiger partial charge on any atom is 0.252 e. The van der Waals surface area contributed by atoms with Gasteiger partial charge in [-0.05, 0) is 52.8 Å². The van der Waals surface area contributed by atoms with Gasteiger partial charge in [-0.15, -0.1) is 0 Å². The summed E-state index contributed by atoms with van der Waals surface area (Å²) in [5.74, 6) is -0.650. The van der Waals surface area contributed by atoms with Gasteiger partial charge in [0.05, 0.1) is 19.4 Å². The normalized spacial score (nSPS) is 12.1. The van der Waals surface area contributed by atoms with E-state index >= 15 is 0 Å². The van der Waals surface area contributed by atoms with Crippen molar-refractivity contribution in [2.75, 3.05) is 19.4 Å². The Morgan fingerprint density at radius 3 is 2.00 bits per heavy atom. The van der Waals surface area contributed by atoms with Crippen LogP contribution in [0, 0.1) is 0 Å². The molecule has 0 bridgehead atoms. The molecule has 1 heterocycles. The average molecular weight is 728 g/mol. The molecule has 0 saturated heterocycles. The highest BCUT2D eigenvalue weighted by molar-refractivity contribution is 7.89. The van der Waals surface area contributed by atoms with Crippen molar-refractivity contribution in [1.29, 1.82) is 0 Å².